The van der Waals surface area contributed by atoms with Gasteiger partial charge in [-0.25, -0.2) is 4.18 Å². The summed E-state index contributed by atoms with van der Waals surface area (Å²) in [5.74, 6) is -0.324. The van der Waals surface area contributed by atoms with Gasteiger partial charge >= 0.3 is 10.4 Å². The number of hydrogen-bond donors (Lipinski definition) is 3. The molecule has 0 saturated carbocycles. The molecule has 0 aliphatic carbocycles. The van der Waals surface area contributed by atoms with E-state index in [9.17, 15) is 27.4 Å². The van der Waals surface area contributed by atoms with Crippen molar-refractivity contribution in [3.63, 3.8) is 0 Å². The topological polar surface area (TPSA) is 142 Å². The van der Waals surface area contributed by atoms with Crippen LogP contribution in [-0.2, 0) is 29.0 Å². The van der Waals surface area contributed by atoms with Crippen molar-refractivity contribution in [2.75, 3.05) is 21.1 Å². The minimum Gasteiger partial charge on any atom is -0.345 e. The van der Waals surface area contributed by atoms with Gasteiger partial charge < -0.3 is 10.6 Å². The summed E-state index contributed by atoms with van der Waals surface area (Å²) in [5.41, 5.74) is 0. The number of rotatable bonds is 22. The third-order valence-corrected chi connectivity index (χ3v) is 7.48. The van der Waals surface area contributed by atoms with Crippen LogP contribution in [0.5, 0.6) is 0 Å². The van der Waals surface area contributed by atoms with Crippen LogP contribution in [0, 0.1) is 17.8 Å². The number of likely N-dealkylation sites (N-methyl/N-ethyl adjacent to an activating group) is 2. The number of unbranched alkanes of at least 4 members (excludes halogenated alkanes) is 3. The molecule has 0 spiro atoms. The van der Waals surface area contributed by atoms with Crippen molar-refractivity contribution in [1.82, 2.24) is 15.5 Å². The fourth-order valence-corrected chi connectivity index (χ4v) is 5.38. The third kappa shape index (κ3) is 15.4. The molecule has 0 saturated heterocycles. The highest BCUT2D eigenvalue weighted by molar-refractivity contribution is 7.80. The summed E-state index contributed by atoms with van der Waals surface area (Å²) >= 11 is 0. The molecule has 5 atom stereocenters. The second-order valence-electron chi connectivity index (χ2n) is 11.7. The van der Waals surface area contributed by atoms with Crippen LogP contribution in [0.2, 0.25) is 0 Å². The number of nitrogens with one attached hydrogen (secondary N) is 2. The largest absolute Gasteiger partial charge is 0.397 e. The predicted molar refractivity (Wildman–Crippen MR) is 159 cm³/mol. The molecule has 0 fully saturated rings. The molecule has 0 bridgehead atoms. The SMILES string of the molecule is C/C=C/C[C@@H](C)[C@H](OS(=O)(=O)O)[C@@H](C(=O)CCCCCCC(=O)[C@@H](NC(=O)[C@H](CC(C)C)NC)C(C)C)N(C)C. The summed E-state index contributed by atoms with van der Waals surface area (Å²) in [4.78, 5) is 40.4. The molecule has 0 aromatic heterocycles. The Morgan fingerprint density at radius 3 is 1.93 bits per heavy atom. The first-order chi connectivity index (χ1) is 18.5. The van der Waals surface area contributed by atoms with Crippen molar-refractivity contribution in [2.45, 2.75) is 117 Å². The lowest BCUT2D eigenvalue weighted by atomic mass is 9.89. The lowest BCUT2D eigenvalue weighted by Gasteiger charge is -2.33. The first-order valence-corrected chi connectivity index (χ1v) is 15.9. The highest BCUT2D eigenvalue weighted by Gasteiger charge is 2.37. The van der Waals surface area contributed by atoms with Gasteiger partial charge in [0.2, 0.25) is 5.91 Å². The molecule has 10 nitrogen and oxygen atoms in total. The van der Waals surface area contributed by atoms with E-state index in [-0.39, 0.29) is 41.8 Å². The fourth-order valence-electron chi connectivity index (χ4n) is 4.80. The van der Waals surface area contributed by atoms with Crippen molar-refractivity contribution < 1.29 is 31.5 Å². The highest BCUT2D eigenvalue weighted by atomic mass is 32.3. The number of hydrogen-bond acceptors (Lipinski definition) is 8. The normalized spacial score (nSPS) is 16.3. The number of carbonyl (C=O) groups is 3. The van der Waals surface area contributed by atoms with Crippen molar-refractivity contribution >= 4 is 27.9 Å². The van der Waals surface area contributed by atoms with Gasteiger partial charge in [-0.1, -0.05) is 59.6 Å². The fraction of sp³-hybridized carbons (Fsp3) is 0.828. The van der Waals surface area contributed by atoms with E-state index >= 15 is 0 Å². The Labute approximate surface area is 243 Å². The smallest absolute Gasteiger partial charge is 0.345 e. The summed E-state index contributed by atoms with van der Waals surface area (Å²) in [5, 5.41) is 5.97. The van der Waals surface area contributed by atoms with Crippen LogP contribution in [0.15, 0.2) is 12.2 Å². The maximum atomic E-state index is 13.1. The molecular formula is C29H55N3O7S. The van der Waals surface area contributed by atoms with Crippen LogP contribution in [-0.4, -0.2) is 80.7 Å². The van der Waals surface area contributed by atoms with Crippen LogP contribution < -0.4 is 10.6 Å². The lowest BCUT2D eigenvalue weighted by Crippen LogP contribution is -2.51. The van der Waals surface area contributed by atoms with E-state index in [0.717, 1.165) is 12.8 Å². The van der Waals surface area contributed by atoms with Gasteiger partial charge in [-0.3, -0.25) is 23.8 Å². The maximum Gasteiger partial charge on any atom is 0.397 e. The van der Waals surface area contributed by atoms with Crippen LogP contribution in [0.3, 0.4) is 0 Å². The average Bonchev–Trinajstić information content (AvgIpc) is 2.84. The van der Waals surface area contributed by atoms with Gasteiger partial charge in [-0.15, -0.1) is 0 Å². The van der Waals surface area contributed by atoms with Gasteiger partial charge in [-0.2, -0.15) is 8.42 Å². The zero-order valence-corrected chi connectivity index (χ0v) is 26.9. The Balaban J connectivity index is 4.95. The van der Waals surface area contributed by atoms with Gasteiger partial charge in [0, 0.05) is 12.8 Å². The van der Waals surface area contributed by atoms with E-state index in [1.54, 1.807) is 33.0 Å². The second-order valence-corrected chi connectivity index (χ2v) is 12.8. The minimum absolute atomic E-state index is 0.00631. The van der Waals surface area contributed by atoms with Crippen LogP contribution in [0.1, 0.15) is 92.9 Å². The molecule has 0 heterocycles. The molecule has 0 aliphatic rings. The number of ketones is 2. The first-order valence-electron chi connectivity index (χ1n) is 14.5. The molecule has 0 aromatic rings. The van der Waals surface area contributed by atoms with Crippen molar-refractivity contribution in [3.8, 4) is 0 Å². The van der Waals surface area contributed by atoms with Gasteiger partial charge in [0.1, 0.15) is 6.10 Å². The molecule has 11 heteroatoms. The van der Waals surface area contributed by atoms with E-state index < -0.39 is 28.6 Å². The Bertz CT molecular complexity index is 903. The highest BCUT2D eigenvalue weighted by Crippen LogP contribution is 2.23. The van der Waals surface area contributed by atoms with E-state index in [0.29, 0.717) is 38.0 Å². The zero-order valence-electron chi connectivity index (χ0n) is 26.1. The lowest BCUT2D eigenvalue weighted by molar-refractivity contribution is -0.130. The van der Waals surface area contributed by atoms with Gasteiger partial charge in [0.15, 0.2) is 11.6 Å². The number of carbonyl (C=O) groups excluding carboxylic acids is 3. The summed E-state index contributed by atoms with van der Waals surface area (Å²) in [6, 6.07) is -1.72. The number of allylic oxidation sites excluding steroid dienone is 2. The Hall–Kier alpha value is -1.66. The summed E-state index contributed by atoms with van der Waals surface area (Å²) in [7, 11) is 0.369. The number of nitrogens with zero attached hydrogens (tertiary/aromatic N) is 1. The first kappa shape index (κ1) is 38.3. The Morgan fingerprint density at radius 2 is 1.50 bits per heavy atom. The second kappa shape index (κ2) is 19.5. The predicted octanol–water partition coefficient (Wildman–Crippen LogP) is 3.96. The third-order valence-electron chi connectivity index (χ3n) is 7.01. The van der Waals surface area contributed by atoms with Crippen LogP contribution in [0.25, 0.3) is 0 Å². The summed E-state index contributed by atoms with van der Waals surface area (Å²) in [6.07, 6.45) is 7.14. The molecule has 0 unspecified atom stereocenters. The molecule has 0 rings (SSSR count). The average molecular weight is 590 g/mol. The molecule has 40 heavy (non-hydrogen) atoms. The Kier molecular flexibility index (Phi) is 18.7. The minimum atomic E-state index is -4.74. The molecule has 0 aliphatic heterocycles. The number of Topliss-reactive ketones (excluding diaryl/α,β-unsaturated/α-hetero) is 2. The summed E-state index contributed by atoms with van der Waals surface area (Å²) in [6.45, 7) is 11.6. The standard InChI is InChI=1S/C29H55N3O7S/c1-10-11-16-22(6)28(39-40(36,37)38)27(32(8)9)25(34)18-15-13-12-14-17-24(33)26(21(4)5)31-29(35)23(30-7)19-20(2)3/h10-11,20-23,26-28,30H,12-19H2,1-9H3,(H,31,35)(H,36,37,38)/b11-10+/t22-,23+,26+,27-,28+/m1/s1. The van der Waals surface area contributed by atoms with Gasteiger partial charge in [0.05, 0.1) is 18.1 Å². The monoisotopic (exact) mass is 589 g/mol. The number of amides is 1. The van der Waals surface area contributed by atoms with E-state index in [1.165, 1.54) is 0 Å². The van der Waals surface area contributed by atoms with Crippen LogP contribution in [0.4, 0.5) is 0 Å². The molecule has 0 radical (unpaired) electrons. The Morgan fingerprint density at radius 1 is 0.950 bits per heavy atom. The zero-order chi connectivity index (χ0) is 31.0. The van der Waals surface area contributed by atoms with Crippen LogP contribution >= 0.6 is 0 Å². The van der Waals surface area contributed by atoms with E-state index in [1.807, 2.05) is 46.8 Å². The molecular weight excluding hydrogens is 534 g/mol. The van der Waals surface area contributed by atoms with E-state index in [2.05, 4.69) is 10.6 Å². The van der Waals surface area contributed by atoms with Crippen molar-refractivity contribution in [1.29, 1.82) is 0 Å². The van der Waals surface area contributed by atoms with Gasteiger partial charge in [0.25, 0.3) is 0 Å². The van der Waals surface area contributed by atoms with E-state index in [4.69, 9.17) is 4.18 Å². The summed E-state index contributed by atoms with van der Waals surface area (Å²) < 4.78 is 37.4. The maximum absolute atomic E-state index is 13.1. The molecule has 1 amide bonds. The van der Waals surface area contributed by atoms with Gasteiger partial charge in [-0.05, 0) is 71.5 Å². The molecule has 3 N–H and O–H groups in total. The van der Waals surface area contributed by atoms with Crippen molar-refractivity contribution in [3.05, 3.63) is 12.2 Å². The quantitative estimate of drug-likeness (QED) is 0.0971. The molecule has 0 aromatic carbocycles. The molecule has 234 valence electrons. The van der Waals surface area contributed by atoms with Crippen molar-refractivity contribution in [2.24, 2.45) is 17.8 Å².